The highest BCUT2D eigenvalue weighted by atomic mass is 32.1. The molecule has 1 atom stereocenters. The molecule has 0 amide bonds. The molecule has 1 aromatic heterocycles. The lowest BCUT2D eigenvalue weighted by Gasteiger charge is -2.14. The molecule has 2 rings (SSSR count). The molecule has 106 valence electrons. The van der Waals surface area contributed by atoms with Crippen LogP contribution >= 0.6 is 11.3 Å². The number of hydrogen-bond acceptors (Lipinski definition) is 5. The third-order valence-electron chi connectivity index (χ3n) is 2.96. The molecule has 0 bridgehead atoms. The second-order valence-corrected chi connectivity index (χ2v) is 5.77. The Kier molecular flexibility index (Phi) is 4.24. The van der Waals surface area contributed by atoms with Crippen molar-refractivity contribution in [1.29, 1.82) is 0 Å². The van der Waals surface area contributed by atoms with Crippen molar-refractivity contribution in [2.45, 2.75) is 19.9 Å². The highest BCUT2D eigenvalue weighted by Crippen LogP contribution is 2.33. The molecule has 20 heavy (non-hydrogen) atoms. The number of benzene rings is 1. The van der Waals surface area contributed by atoms with Gasteiger partial charge in [0, 0.05) is 21.9 Å². The van der Waals surface area contributed by atoms with Gasteiger partial charge in [0.15, 0.2) is 0 Å². The number of nitrogens with one attached hydrogen (secondary N) is 1. The average molecular weight is 292 g/mol. The molecule has 1 heterocycles. The zero-order valence-electron chi connectivity index (χ0n) is 11.5. The van der Waals surface area contributed by atoms with E-state index in [1.54, 1.807) is 23.5 Å². The molecule has 0 saturated carbocycles. The van der Waals surface area contributed by atoms with Crippen LogP contribution in [0.15, 0.2) is 30.3 Å². The molecule has 1 aromatic carbocycles. The van der Waals surface area contributed by atoms with Gasteiger partial charge in [-0.1, -0.05) is 0 Å². The molecular weight excluding hydrogens is 276 g/mol. The van der Waals surface area contributed by atoms with E-state index in [2.05, 4.69) is 5.32 Å². The van der Waals surface area contributed by atoms with Gasteiger partial charge in [-0.15, -0.1) is 11.3 Å². The Morgan fingerprint density at radius 2 is 2.10 bits per heavy atom. The maximum absolute atomic E-state index is 11.1. The second-order valence-electron chi connectivity index (χ2n) is 4.45. The molecular formula is C14H16N2O3S. The molecule has 0 fully saturated rings. The monoisotopic (exact) mass is 292 g/mol. The number of rotatable bonds is 5. The fourth-order valence-corrected chi connectivity index (χ4v) is 2.79. The van der Waals surface area contributed by atoms with Crippen molar-refractivity contribution in [3.63, 3.8) is 0 Å². The second kappa shape index (κ2) is 5.92. The van der Waals surface area contributed by atoms with Crippen LogP contribution in [0, 0.1) is 17.0 Å². The molecule has 0 saturated heterocycles. The number of aryl methyl sites for hydroxylation is 1. The number of ether oxygens (including phenoxy) is 1. The first-order valence-electron chi connectivity index (χ1n) is 6.16. The minimum Gasteiger partial charge on any atom is -0.497 e. The van der Waals surface area contributed by atoms with Crippen LogP contribution in [-0.4, -0.2) is 12.0 Å². The SMILES string of the molecule is COc1ccc([N+](=O)[O-])c(NC(C)c2ccc(C)s2)c1. The number of hydrogen-bond donors (Lipinski definition) is 1. The van der Waals surface area contributed by atoms with E-state index in [-0.39, 0.29) is 11.7 Å². The van der Waals surface area contributed by atoms with E-state index in [0.29, 0.717) is 11.4 Å². The van der Waals surface area contributed by atoms with Crippen molar-refractivity contribution >= 4 is 22.7 Å². The predicted octanol–water partition coefficient (Wildman–Crippen LogP) is 4.15. The Hall–Kier alpha value is -2.08. The van der Waals surface area contributed by atoms with E-state index in [0.717, 1.165) is 4.88 Å². The predicted molar refractivity (Wildman–Crippen MR) is 80.7 cm³/mol. The summed E-state index contributed by atoms with van der Waals surface area (Å²) in [4.78, 5) is 13.0. The van der Waals surface area contributed by atoms with Crippen molar-refractivity contribution < 1.29 is 9.66 Å². The zero-order valence-corrected chi connectivity index (χ0v) is 12.4. The first-order chi connectivity index (χ1) is 9.51. The first kappa shape index (κ1) is 14.3. The number of anilines is 1. The van der Waals surface area contributed by atoms with Crippen molar-refractivity contribution in [1.82, 2.24) is 0 Å². The Morgan fingerprint density at radius 1 is 1.35 bits per heavy atom. The first-order valence-corrected chi connectivity index (χ1v) is 6.98. The lowest BCUT2D eigenvalue weighted by atomic mass is 10.2. The third-order valence-corrected chi connectivity index (χ3v) is 4.14. The highest BCUT2D eigenvalue weighted by Gasteiger charge is 2.17. The van der Waals surface area contributed by atoms with Gasteiger partial charge in [0.2, 0.25) is 0 Å². The Balaban J connectivity index is 2.29. The van der Waals surface area contributed by atoms with Crippen LogP contribution < -0.4 is 10.1 Å². The van der Waals surface area contributed by atoms with Gasteiger partial charge in [0.25, 0.3) is 5.69 Å². The van der Waals surface area contributed by atoms with Crippen LogP contribution in [-0.2, 0) is 0 Å². The van der Waals surface area contributed by atoms with Crippen LogP contribution in [0.4, 0.5) is 11.4 Å². The van der Waals surface area contributed by atoms with Gasteiger partial charge in [-0.05, 0) is 32.0 Å². The van der Waals surface area contributed by atoms with Gasteiger partial charge >= 0.3 is 0 Å². The third kappa shape index (κ3) is 3.08. The molecule has 1 unspecified atom stereocenters. The van der Waals surface area contributed by atoms with Crippen LogP contribution in [0.5, 0.6) is 5.75 Å². The van der Waals surface area contributed by atoms with E-state index < -0.39 is 4.92 Å². The molecule has 0 aliphatic carbocycles. The van der Waals surface area contributed by atoms with E-state index in [1.807, 2.05) is 26.0 Å². The van der Waals surface area contributed by atoms with Gasteiger partial charge in [-0.25, -0.2) is 0 Å². The van der Waals surface area contributed by atoms with E-state index >= 15 is 0 Å². The van der Waals surface area contributed by atoms with Gasteiger partial charge in [-0.2, -0.15) is 0 Å². The lowest BCUT2D eigenvalue weighted by Crippen LogP contribution is -2.07. The maximum atomic E-state index is 11.1. The fourth-order valence-electron chi connectivity index (χ4n) is 1.91. The number of thiophene rings is 1. The highest BCUT2D eigenvalue weighted by molar-refractivity contribution is 7.12. The number of nitro benzene ring substituents is 1. The Morgan fingerprint density at radius 3 is 2.65 bits per heavy atom. The molecule has 6 heteroatoms. The Labute approximate surface area is 121 Å². The van der Waals surface area contributed by atoms with Crippen LogP contribution in [0.1, 0.15) is 22.7 Å². The van der Waals surface area contributed by atoms with Gasteiger partial charge in [-0.3, -0.25) is 10.1 Å². The van der Waals surface area contributed by atoms with Crippen molar-refractivity contribution in [2.75, 3.05) is 12.4 Å². The molecule has 0 aliphatic heterocycles. The quantitative estimate of drug-likeness (QED) is 0.664. The fraction of sp³-hybridized carbons (Fsp3) is 0.286. The van der Waals surface area contributed by atoms with Crippen molar-refractivity contribution in [2.24, 2.45) is 0 Å². The van der Waals surface area contributed by atoms with Crippen LogP contribution in [0.2, 0.25) is 0 Å². The summed E-state index contributed by atoms with van der Waals surface area (Å²) < 4.78 is 5.12. The largest absolute Gasteiger partial charge is 0.497 e. The molecule has 0 spiro atoms. The molecule has 0 aliphatic rings. The molecule has 5 nitrogen and oxygen atoms in total. The van der Waals surface area contributed by atoms with Crippen molar-refractivity contribution in [3.8, 4) is 5.75 Å². The minimum absolute atomic E-state index is 0.000457. The summed E-state index contributed by atoms with van der Waals surface area (Å²) in [5, 5.41) is 14.3. The van der Waals surface area contributed by atoms with Gasteiger partial charge in [0.05, 0.1) is 18.1 Å². The lowest BCUT2D eigenvalue weighted by molar-refractivity contribution is -0.384. The van der Waals surface area contributed by atoms with Gasteiger partial charge in [0.1, 0.15) is 11.4 Å². The number of methoxy groups -OCH3 is 1. The smallest absolute Gasteiger partial charge is 0.292 e. The normalized spacial score (nSPS) is 11.9. The topological polar surface area (TPSA) is 64.4 Å². The van der Waals surface area contributed by atoms with E-state index in [1.165, 1.54) is 18.1 Å². The summed E-state index contributed by atoms with van der Waals surface area (Å²) in [6.07, 6.45) is 0. The van der Waals surface area contributed by atoms with Crippen LogP contribution in [0.3, 0.4) is 0 Å². The maximum Gasteiger partial charge on any atom is 0.292 e. The van der Waals surface area contributed by atoms with E-state index in [4.69, 9.17) is 4.74 Å². The summed E-state index contributed by atoms with van der Waals surface area (Å²) in [7, 11) is 1.54. The number of nitro groups is 1. The molecule has 2 aromatic rings. The summed E-state index contributed by atoms with van der Waals surface area (Å²) in [6.45, 7) is 4.02. The summed E-state index contributed by atoms with van der Waals surface area (Å²) in [5.74, 6) is 0.590. The Bertz CT molecular complexity index is 625. The molecule has 1 N–H and O–H groups in total. The average Bonchev–Trinajstić information content (AvgIpc) is 2.85. The van der Waals surface area contributed by atoms with Crippen LogP contribution in [0.25, 0.3) is 0 Å². The van der Waals surface area contributed by atoms with Gasteiger partial charge < -0.3 is 10.1 Å². The standard InChI is InChI=1S/C14H16N2O3S/c1-9-4-7-14(20-9)10(2)15-12-8-11(19-3)5-6-13(12)16(17)18/h4-8,10,15H,1-3H3. The minimum atomic E-state index is -0.395. The zero-order chi connectivity index (χ0) is 14.7. The summed E-state index contributed by atoms with van der Waals surface area (Å²) in [6, 6.07) is 8.76. The summed E-state index contributed by atoms with van der Waals surface area (Å²) >= 11 is 1.68. The number of nitrogens with zero attached hydrogens (tertiary/aromatic N) is 1. The van der Waals surface area contributed by atoms with E-state index in [9.17, 15) is 10.1 Å². The van der Waals surface area contributed by atoms with Crippen molar-refractivity contribution in [3.05, 3.63) is 50.2 Å². The molecule has 0 radical (unpaired) electrons. The summed E-state index contributed by atoms with van der Waals surface area (Å²) in [5.41, 5.74) is 0.513.